The molecule has 7 nitrogen and oxygen atoms in total. The number of aromatic nitrogens is 2. The predicted molar refractivity (Wildman–Crippen MR) is 76.8 cm³/mol. The summed E-state index contributed by atoms with van der Waals surface area (Å²) in [5.74, 6) is 1.27. The molecule has 2 aromatic rings. The van der Waals surface area contributed by atoms with Crippen LogP contribution < -0.4 is 0 Å². The summed E-state index contributed by atoms with van der Waals surface area (Å²) >= 11 is 1.25. The van der Waals surface area contributed by atoms with Crippen molar-refractivity contribution < 1.29 is 13.6 Å². The maximum atomic E-state index is 12.1. The summed E-state index contributed by atoms with van der Waals surface area (Å²) in [6, 6.07) is 3.50. The van der Waals surface area contributed by atoms with Gasteiger partial charge >= 0.3 is 0 Å². The van der Waals surface area contributed by atoms with Gasteiger partial charge in [-0.15, -0.1) is 10.2 Å². The zero-order valence-electron chi connectivity index (χ0n) is 11.7. The molecule has 0 N–H and O–H groups in total. The molecule has 1 saturated heterocycles. The summed E-state index contributed by atoms with van der Waals surface area (Å²) < 4.78 is 10.6. The monoisotopic (exact) mass is 308 g/mol. The van der Waals surface area contributed by atoms with Gasteiger partial charge in [-0.05, 0) is 19.2 Å². The number of amides is 1. The van der Waals surface area contributed by atoms with E-state index < -0.39 is 0 Å². The molecule has 112 valence electrons. The van der Waals surface area contributed by atoms with Crippen LogP contribution in [0.25, 0.3) is 11.7 Å². The normalized spacial score (nSPS) is 16.3. The Bertz CT molecular complexity index is 590. The van der Waals surface area contributed by atoms with E-state index in [0.717, 1.165) is 26.2 Å². The SMILES string of the molecule is CN1CCN(C(=O)CSc2nnc(-c3ccco3)o2)CC1. The van der Waals surface area contributed by atoms with Gasteiger partial charge < -0.3 is 18.6 Å². The minimum Gasteiger partial charge on any atom is -0.459 e. The van der Waals surface area contributed by atoms with Crippen molar-refractivity contribution >= 4 is 17.7 Å². The second-order valence-electron chi connectivity index (χ2n) is 4.82. The van der Waals surface area contributed by atoms with E-state index in [1.807, 2.05) is 4.90 Å². The third-order valence-electron chi connectivity index (χ3n) is 3.31. The van der Waals surface area contributed by atoms with Gasteiger partial charge in [-0.1, -0.05) is 11.8 Å². The van der Waals surface area contributed by atoms with Crippen LogP contribution >= 0.6 is 11.8 Å². The van der Waals surface area contributed by atoms with Crippen LogP contribution in [0, 0.1) is 0 Å². The quantitative estimate of drug-likeness (QED) is 0.785. The first-order valence-electron chi connectivity index (χ1n) is 6.69. The van der Waals surface area contributed by atoms with E-state index in [2.05, 4.69) is 22.1 Å². The van der Waals surface area contributed by atoms with Gasteiger partial charge in [0.1, 0.15) is 0 Å². The van der Waals surface area contributed by atoms with Crippen LogP contribution in [0.1, 0.15) is 0 Å². The number of carbonyl (C=O) groups is 1. The number of hydrogen-bond acceptors (Lipinski definition) is 7. The molecular formula is C13H16N4O3S. The van der Waals surface area contributed by atoms with Gasteiger partial charge in [0.2, 0.25) is 5.91 Å². The fourth-order valence-corrected chi connectivity index (χ4v) is 2.70. The number of furan rings is 1. The van der Waals surface area contributed by atoms with Crippen molar-refractivity contribution in [3.63, 3.8) is 0 Å². The summed E-state index contributed by atoms with van der Waals surface area (Å²) in [7, 11) is 2.06. The number of nitrogens with zero attached hydrogens (tertiary/aromatic N) is 4. The van der Waals surface area contributed by atoms with E-state index in [1.54, 1.807) is 18.4 Å². The first kappa shape index (κ1) is 14.2. The Morgan fingerprint density at radius 2 is 2.14 bits per heavy atom. The molecule has 0 radical (unpaired) electrons. The Balaban J connectivity index is 1.52. The molecule has 0 spiro atoms. The molecule has 0 atom stereocenters. The van der Waals surface area contributed by atoms with Gasteiger partial charge in [-0.2, -0.15) is 0 Å². The van der Waals surface area contributed by atoms with Crippen LogP contribution in [-0.2, 0) is 4.79 Å². The number of carbonyl (C=O) groups excluding carboxylic acids is 1. The minimum atomic E-state index is 0.103. The van der Waals surface area contributed by atoms with Crippen molar-refractivity contribution in [2.24, 2.45) is 0 Å². The topological polar surface area (TPSA) is 75.6 Å². The Hall–Kier alpha value is -1.80. The zero-order valence-corrected chi connectivity index (χ0v) is 12.5. The lowest BCUT2D eigenvalue weighted by Crippen LogP contribution is -2.47. The summed E-state index contributed by atoms with van der Waals surface area (Å²) in [6.07, 6.45) is 1.54. The molecular weight excluding hydrogens is 292 g/mol. The van der Waals surface area contributed by atoms with E-state index in [1.165, 1.54) is 11.8 Å². The van der Waals surface area contributed by atoms with Crippen molar-refractivity contribution in [1.82, 2.24) is 20.0 Å². The molecule has 0 aromatic carbocycles. The molecule has 21 heavy (non-hydrogen) atoms. The van der Waals surface area contributed by atoms with E-state index in [4.69, 9.17) is 8.83 Å². The number of likely N-dealkylation sites (N-methyl/N-ethyl adjacent to an activating group) is 1. The van der Waals surface area contributed by atoms with E-state index >= 15 is 0 Å². The average Bonchev–Trinajstić information content (AvgIpc) is 3.16. The van der Waals surface area contributed by atoms with Gasteiger partial charge in [0.15, 0.2) is 5.76 Å². The Labute approximate surface area is 126 Å². The lowest BCUT2D eigenvalue weighted by Gasteiger charge is -2.32. The van der Waals surface area contributed by atoms with E-state index in [0.29, 0.717) is 22.6 Å². The summed E-state index contributed by atoms with van der Waals surface area (Å²) in [4.78, 5) is 16.2. The van der Waals surface area contributed by atoms with Crippen LogP contribution in [0.5, 0.6) is 0 Å². The molecule has 2 aromatic heterocycles. The fourth-order valence-electron chi connectivity index (χ4n) is 2.04. The Morgan fingerprint density at radius 1 is 1.33 bits per heavy atom. The Morgan fingerprint density at radius 3 is 2.86 bits per heavy atom. The standard InChI is InChI=1S/C13H16N4O3S/c1-16-4-6-17(7-5-16)11(18)9-21-13-15-14-12(20-13)10-3-2-8-19-10/h2-3,8H,4-7,9H2,1H3. The van der Waals surface area contributed by atoms with E-state index in [-0.39, 0.29) is 5.91 Å². The number of hydrogen-bond donors (Lipinski definition) is 0. The molecule has 0 bridgehead atoms. The maximum absolute atomic E-state index is 12.1. The van der Waals surface area contributed by atoms with Gasteiger partial charge in [-0.25, -0.2) is 0 Å². The van der Waals surface area contributed by atoms with Crippen molar-refractivity contribution in [2.45, 2.75) is 5.22 Å². The highest BCUT2D eigenvalue weighted by molar-refractivity contribution is 7.99. The van der Waals surface area contributed by atoms with Gasteiger partial charge in [0.05, 0.1) is 12.0 Å². The number of thioether (sulfide) groups is 1. The van der Waals surface area contributed by atoms with Crippen LogP contribution in [0.3, 0.4) is 0 Å². The summed E-state index contributed by atoms with van der Waals surface area (Å²) in [5, 5.41) is 8.18. The first-order valence-corrected chi connectivity index (χ1v) is 7.67. The molecule has 3 rings (SSSR count). The highest BCUT2D eigenvalue weighted by Gasteiger charge is 2.20. The molecule has 1 amide bonds. The zero-order chi connectivity index (χ0) is 14.7. The molecule has 3 heterocycles. The average molecular weight is 308 g/mol. The van der Waals surface area contributed by atoms with E-state index in [9.17, 15) is 4.79 Å². The third kappa shape index (κ3) is 3.45. The highest BCUT2D eigenvalue weighted by Crippen LogP contribution is 2.23. The molecule has 0 unspecified atom stereocenters. The Kier molecular flexibility index (Phi) is 4.26. The second kappa shape index (κ2) is 6.31. The van der Waals surface area contributed by atoms with Gasteiger partial charge in [-0.3, -0.25) is 4.79 Å². The van der Waals surface area contributed by atoms with Crippen LogP contribution in [-0.4, -0.2) is 64.9 Å². The molecule has 0 saturated carbocycles. The van der Waals surface area contributed by atoms with Crippen molar-refractivity contribution in [1.29, 1.82) is 0 Å². The van der Waals surface area contributed by atoms with Gasteiger partial charge in [0.25, 0.3) is 11.1 Å². The van der Waals surface area contributed by atoms with Crippen molar-refractivity contribution in [2.75, 3.05) is 39.0 Å². The lowest BCUT2D eigenvalue weighted by atomic mass is 10.3. The predicted octanol–water partition coefficient (Wildman–Crippen LogP) is 1.20. The number of piperazine rings is 1. The molecule has 8 heteroatoms. The summed E-state index contributed by atoms with van der Waals surface area (Å²) in [6.45, 7) is 3.38. The molecule has 0 aliphatic carbocycles. The first-order chi connectivity index (χ1) is 10.2. The van der Waals surface area contributed by atoms with Crippen LogP contribution in [0.15, 0.2) is 32.5 Å². The second-order valence-corrected chi connectivity index (χ2v) is 5.75. The largest absolute Gasteiger partial charge is 0.459 e. The highest BCUT2D eigenvalue weighted by atomic mass is 32.2. The van der Waals surface area contributed by atoms with Gasteiger partial charge in [0, 0.05) is 26.2 Å². The molecule has 1 aliphatic rings. The molecule has 1 fully saturated rings. The smallest absolute Gasteiger partial charge is 0.284 e. The maximum Gasteiger partial charge on any atom is 0.284 e. The van der Waals surface area contributed by atoms with Crippen LogP contribution in [0.4, 0.5) is 0 Å². The minimum absolute atomic E-state index is 0.103. The lowest BCUT2D eigenvalue weighted by molar-refractivity contribution is -0.129. The number of rotatable bonds is 4. The molecule has 1 aliphatic heterocycles. The third-order valence-corrected chi connectivity index (χ3v) is 4.12. The van der Waals surface area contributed by atoms with Crippen molar-refractivity contribution in [3.05, 3.63) is 18.4 Å². The summed E-state index contributed by atoms with van der Waals surface area (Å²) in [5.41, 5.74) is 0. The van der Waals surface area contributed by atoms with Crippen LogP contribution in [0.2, 0.25) is 0 Å². The van der Waals surface area contributed by atoms with Crippen molar-refractivity contribution in [3.8, 4) is 11.7 Å². The fraction of sp³-hybridized carbons (Fsp3) is 0.462.